The lowest BCUT2D eigenvalue weighted by Crippen LogP contribution is -2.51. The number of amides is 1. The third kappa shape index (κ3) is 4.83. The summed E-state index contributed by atoms with van der Waals surface area (Å²) >= 11 is 0. The van der Waals surface area contributed by atoms with E-state index < -0.39 is 0 Å². The number of hydrogen-bond donors (Lipinski definition) is 2. The molecule has 0 aliphatic carbocycles. The molecule has 5 heteroatoms. The third-order valence-electron chi connectivity index (χ3n) is 4.77. The van der Waals surface area contributed by atoms with Crippen LogP contribution in [0.25, 0.3) is 0 Å². The molecule has 21 heavy (non-hydrogen) atoms. The van der Waals surface area contributed by atoms with Crippen LogP contribution >= 0.6 is 12.4 Å². The van der Waals surface area contributed by atoms with Crippen molar-refractivity contribution in [2.45, 2.75) is 46.6 Å². The van der Waals surface area contributed by atoms with Crippen LogP contribution in [0.15, 0.2) is 0 Å². The summed E-state index contributed by atoms with van der Waals surface area (Å²) < 4.78 is 5.97. The van der Waals surface area contributed by atoms with Crippen molar-refractivity contribution in [1.29, 1.82) is 0 Å². The normalized spacial score (nSPS) is 28.2. The first kappa shape index (κ1) is 18.7. The minimum absolute atomic E-state index is 0. The highest BCUT2D eigenvalue weighted by molar-refractivity contribution is 5.85. The number of hydrogen-bond acceptors (Lipinski definition) is 3. The summed E-state index contributed by atoms with van der Waals surface area (Å²) in [5.74, 6) is 1.28. The largest absolute Gasteiger partial charge is 0.377 e. The molecule has 4 nitrogen and oxygen atoms in total. The summed E-state index contributed by atoms with van der Waals surface area (Å²) in [6.07, 6.45) is 2.51. The van der Waals surface area contributed by atoms with Gasteiger partial charge in [-0.25, -0.2) is 0 Å². The molecule has 124 valence electrons. The molecule has 0 aromatic heterocycles. The van der Waals surface area contributed by atoms with Crippen LogP contribution in [0.5, 0.6) is 0 Å². The van der Waals surface area contributed by atoms with Gasteiger partial charge in [-0.05, 0) is 37.3 Å². The van der Waals surface area contributed by atoms with Crippen molar-refractivity contribution in [2.24, 2.45) is 23.2 Å². The van der Waals surface area contributed by atoms with Gasteiger partial charge in [-0.2, -0.15) is 0 Å². The van der Waals surface area contributed by atoms with E-state index in [9.17, 15) is 4.79 Å². The van der Waals surface area contributed by atoms with Gasteiger partial charge in [0, 0.05) is 25.0 Å². The summed E-state index contributed by atoms with van der Waals surface area (Å²) in [5.41, 5.74) is 0.138. The highest BCUT2D eigenvalue weighted by atomic mass is 35.5. The maximum atomic E-state index is 12.2. The minimum atomic E-state index is 0. The number of rotatable bonds is 4. The lowest BCUT2D eigenvalue weighted by molar-refractivity contribution is -0.128. The Morgan fingerprint density at radius 1 is 1.38 bits per heavy atom. The summed E-state index contributed by atoms with van der Waals surface area (Å²) in [6.45, 7) is 12.3. The second kappa shape index (κ2) is 7.80. The Labute approximate surface area is 135 Å². The first-order valence-corrected chi connectivity index (χ1v) is 7.99. The van der Waals surface area contributed by atoms with E-state index in [1.807, 2.05) is 6.92 Å². The molecule has 0 bridgehead atoms. The van der Waals surface area contributed by atoms with Crippen LogP contribution in [0.2, 0.25) is 0 Å². The molecule has 2 fully saturated rings. The fourth-order valence-corrected chi connectivity index (χ4v) is 3.28. The van der Waals surface area contributed by atoms with Gasteiger partial charge in [0.1, 0.15) is 0 Å². The van der Waals surface area contributed by atoms with Crippen LogP contribution in [-0.4, -0.2) is 38.3 Å². The van der Waals surface area contributed by atoms with Gasteiger partial charge >= 0.3 is 0 Å². The summed E-state index contributed by atoms with van der Waals surface area (Å²) in [5, 5.41) is 6.39. The van der Waals surface area contributed by atoms with Crippen LogP contribution in [0.3, 0.4) is 0 Å². The van der Waals surface area contributed by atoms with Gasteiger partial charge in [0.25, 0.3) is 0 Å². The molecule has 2 saturated heterocycles. The zero-order chi connectivity index (χ0) is 14.8. The second-order valence-corrected chi connectivity index (χ2v) is 7.51. The van der Waals surface area contributed by atoms with Crippen LogP contribution in [0.1, 0.15) is 40.5 Å². The molecule has 0 aromatic rings. The first-order valence-electron chi connectivity index (χ1n) is 7.99. The van der Waals surface area contributed by atoms with E-state index in [2.05, 4.69) is 31.4 Å². The van der Waals surface area contributed by atoms with Crippen molar-refractivity contribution >= 4 is 18.3 Å². The number of carbonyl (C=O) groups excluding carboxylic acids is 1. The fourth-order valence-electron chi connectivity index (χ4n) is 3.28. The maximum absolute atomic E-state index is 12.2. The Morgan fingerprint density at radius 3 is 2.57 bits per heavy atom. The molecule has 2 N–H and O–H groups in total. The van der Waals surface area contributed by atoms with Crippen LogP contribution in [-0.2, 0) is 9.53 Å². The molecule has 2 aliphatic rings. The molecule has 0 spiro atoms. The lowest BCUT2D eigenvalue weighted by Gasteiger charge is -2.40. The van der Waals surface area contributed by atoms with E-state index >= 15 is 0 Å². The summed E-state index contributed by atoms with van der Waals surface area (Å²) in [6, 6.07) is 0. The molecule has 0 radical (unpaired) electrons. The maximum Gasteiger partial charge on any atom is 0.223 e. The molecule has 3 unspecified atom stereocenters. The van der Waals surface area contributed by atoms with Crippen molar-refractivity contribution in [3.63, 3.8) is 0 Å². The predicted molar refractivity (Wildman–Crippen MR) is 87.7 cm³/mol. The first-order chi connectivity index (χ1) is 9.39. The van der Waals surface area contributed by atoms with Crippen LogP contribution in [0.4, 0.5) is 0 Å². The zero-order valence-corrected chi connectivity index (χ0v) is 14.6. The smallest absolute Gasteiger partial charge is 0.223 e. The molecule has 2 aliphatic heterocycles. The van der Waals surface area contributed by atoms with E-state index in [0.717, 1.165) is 39.1 Å². The molecule has 2 rings (SSSR count). The van der Waals surface area contributed by atoms with Gasteiger partial charge in [0.2, 0.25) is 5.91 Å². The Balaban J connectivity index is 0.00000220. The Kier molecular flexibility index (Phi) is 6.95. The molecule has 0 saturated carbocycles. The topological polar surface area (TPSA) is 50.4 Å². The molecular formula is C16H31ClN2O2. The van der Waals surface area contributed by atoms with Crippen LogP contribution < -0.4 is 10.6 Å². The highest BCUT2D eigenvalue weighted by Gasteiger charge is 2.36. The van der Waals surface area contributed by atoms with E-state index in [1.54, 1.807) is 0 Å². The molecule has 1 amide bonds. The van der Waals surface area contributed by atoms with Crippen molar-refractivity contribution in [1.82, 2.24) is 10.6 Å². The van der Waals surface area contributed by atoms with Gasteiger partial charge in [-0.15, -0.1) is 12.4 Å². The van der Waals surface area contributed by atoms with Gasteiger partial charge < -0.3 is 15.4 Å². The predicted octanol–water partition coefficient (Wildman–Crippen LogP) is 2.22. The average molecular weight is 319 g/mol. The van der Waals surface area contributed by atoms with Crippen molar-refractivity contribution < 1.29 is 9.53 Å². The number of nitrogens with one attached hydrogen (secondary N) is 2. The van der Waals surface area contributed by atoms with Gasteiger partial charge in [0.15, 0.2) is 0 Å². The van der Waals surface area contributed by atoms with E-state index in [0.29, 0.717) is 11.8 Å². The minimum Gasteiger partial charge on any atom is -0.377 e. The second-order valence-electron chi connectivity index (χ2n) is 7.51. The molecule has 3 atom stereocenters. The van der Waals surface area contributed by atoms with Crippen molar-refractivity contribution in [3.05, 3.63) is 0 Å². The lowest BCUT2D eigenvalue weighted by atomic mass is 9.78. The van der Waals surface area contributed by atoms with Crippen molar-refractivity contribution in [2.75, 3.05) is 26.2 Å². The van der Waals surface area contributed by atoms with Gasteiger partial charge in [-0.1, -0.05) is 27.7 Å². The molecular weight excluding hydrogens is 288 g/mol. The quantitative estimate of drug-likeness (QED) is 0.835. The van der Waals surface area contributed by atoms with Crippen molar-refractivity contribution in [3.8, 4) is 0 Å². The van der Waals surface area contributed by atoms with Gasteiger partial charge in [0.05, 0.1) is 6.10 Å². The van der Waals surface area contributed by atoms with E-state index in [1.165, 1.54) is 0 Å². The average Bonchev–Trinajstić information content (AvgIpc) is 2.33. The van der Waals surface area contributed by atoms with E-state index in [4.69, 9.17) is 4.74 Å². The van der Waals surface area contributed by atoms with Gasteiger partial charge in [-0.3, -0.25) is 4.79 Å². The highest BCUT2D eigenvalue weighted by Crippen LogP contribution is 2.33. The SMILES string of the molecule is CC(C(=O)NCC1CCCOC1C(C)(C)C)C1CNC1.Cl. The van der Waals surface area contributed by atoms with Crippen LogP contribution in [0, 0.1) is 23.2 Å². The number of ether oxygens (including phenoxy) is 1. The Morgan fingerprint density at radius 2 is 2.05 bits per heavy atom. The summed E-state index contributed by atoms with van der Waals surface area (Å²) in [4.78, 5) is 12.2. The third-order valence-corrected chi connectivity index (χ3v) is 4.77. The fraction of sp³-hybridized carbons (Fsp3) is 0.938. The van der Waals surface area contributed by atoms with E-state index in [-0.39, 0.29) is 35.8 Å². The number of halogens is 1. The Hall–Kier alpha value is -0.320. The molecule has 0 aromatic carbocycles. The molecule has 2 heterocycles. The Bertz CT molecular complexity index is 340. The monoisotopic (exact) mass is 318 g/mol. The number of carbonyl (C=O) groups is 1. The zero-order valence-electron chi connectivity index (χ0n) is 13.8. The summed E-state index contributed by atoms with van der Waals surface area (Å²) in [7, 11) is 0. The standard InChI is InChI=1S/C16H30N2O2.ClH/c1-11(13-8-17-9-13)15(19)18-10-12-6-5-7-20-14(12)16(2,3)4;/h11-14,17H,5-10H2,1-4H3,(H,18,19);1H.